The lowest BCUT2D eigenvalue weighted by Gasteiger charge is -2.56. The molecule has 5 N–H and O–H groups in total. The number of carbonyl (C=O) groups is 2. The average molecular weight is 809 g/mol. The first kappa shape index (κ1) is 51.3. The number of esters is 2. The van der Waals surface area contributed by atoms with Crippen molar-refractivity contribution < 1.29 is 49.3 Å². The van der Waals surface area contributed by atoms with Gasteiger partial charge in [-0.25, -0.2) is 0 Å². The van der Waals surface area contributed by atoms with Gasteiger partial charge in [0, 0.05) is 0 Å². The molecule has 2 rings (SSSR count). The van der Waals surface area contributed by atoms with Crippen molar-refractivity contribution in [2.24, 2.45) is 5.41 Å². The van der Waals surface area contributed by atoms with Crippen LogP contribution in [0.2, 0.25) is 0 Å². The van der Waals surface area contributed by atoms with Crippen molar-refractivity contribution in [1.29, 1.82) is 0 Å². The fourth-order valence-electron chi connectivity index (χ4n) is 8.22. The average Bonchev–Trinajstić information content (AvgIpc) is 3.18. The Hall–Kier alpha value is -1.82. The predicted octanol–water partition coefficient (Wildman–Crippen LogP) is 10.2. The van der Waals surface area contributed by atoms with E-state index in [0.717, 1.165) is 45.4 Å². The minimum absolute atomic E-state index is 0.575. The van der Waals surface area contributed by atoms with E-state index in [1.807, 2.05) is 12.2 Å². The van der Waals surface area contributed by atoms with Gasteiger partial charge in [-0.2, -0.15) is 0 Å². The highest BCUT2D eigenvalue weighted by atomic mass is 16.8. The zero-order chi connectivity index (χ0) is 41.9. The van der Waals surface area contributed by atoms with Gasteiger partial charge in [0.15, 0.2) is 6.10 Å². The Morgan fingerprint density at radius 3 is 1.28 bits per heavy atom. The van der Waals surface area contributed by atoms with Crippen molar-refractivity contribution in [3.63, 3.8) is 0 Å². The fraction of sp³-hybridized carbons (Fsp3) is 0.872. The third kappa shape index (κ3) is 17.4. The first-order valence-electron chi connectivity index (χ1n) is 23.4. The molecule has 0 aromatic heterocycles. The summed E-state index contributed by atoms with van der Waals surface area (Å²) in [4.78, 5) is 27.5. The molecule has 57 heavy (non-hydrogen) atoms. The van der Waals surface area contributed by atoms with E-state index in [1.165, 1.54) is 141 Å². The molecular weight excluding hydrogens is 725 g/mol. The highest BCUT2D eigenvalue weighted by Crippen LogP contribution is 2.48. The predicted molar refractivity (Wildman–Crippen MR) is 226 cm³/mol. The normalized spacial score (nSPS) is 26.4. The van der Waals surface area contributed by atoms with Crippen LogP contribution in [0.25, 0.3) is 0 Å². The lowest BCUT2D eigenvalue weighted by Crippen LogP contribution is -2.81. The summed E-state index contributed by atoms with van der Waals surface area (Å²) in [7, 11) is 0. The summed E-state index contributed by atoms with van der Waals surface area (Å²) >= 11 is 0. The molecule has 5 atom stereocenters. The van der Waals surface area contributed by atoms with Crippen molar-refractivity contribution in [1.82, 2.24) is 0 Å². The molecule has 10 heteroatoms. The maximum absolute atomic E-state index is 14.1. The maximum Gasteiger partial charge on any atom is 0.334 e. The zero-order valence-electron chi connectivity index (χ0n) is 36.4. The van der Waals surface area contributed by atoms with E-state index < -0.39 is 60.0 Å². The molecule has 2 saturated heterocycles. The van der Waals surface area contributed by atoms with Crippen LogP contribution in [-0.2, 0) is 23.8 Å². The van der Waals surface area contributed by atoms with Crippen molar-refractivity contribution >= 4 is 11.9 Å². The van der Waals surface area contributed by atoms with Crippen molar-refractivity contribution in [3.8, 4) is 0 Å². The van der Waals surface area contributed by atoms with Gasteiger partial charge >= 0.3 is 23.5 Å². The van der Waals surface area contributed by atoms with E-state index in [4.69, 9.17) is 14.2 Å². The van der Waals surface area contributed by atoms with Gasteiger partial charge in [-0.3, -0.25) is 9.59 Å². The Labute approximate surface area is 346 Å². The molecule has 2 aliphatic heterocycles. The number of aliphatic hydroxyl groups is 5. The van der Waals surface area contributed by atoms with E-state index in [1.54, 1.807) is 12.2 Å². The number of aliphatic hydroxyl groups excluding tert-OH is 2. The van der Waals surface area contributed by atoms with Gasteiger partial charge in [0.2, 0.25) is 5.79 Å². The SMILES string of the molecule is CCCCCCCCCCCCCCCC/C=C/C1(/C=C/CCCCCCCCCCCCCCCC)CC(=O)O[C@@]2(O)[C@@H](O)[C@@H](CO)OC(C)(O)[C@@]2(O)OC1=O. The van der Waals surface area contributed by atoms with Crippen molar-refractivity contribution in [3.05, 3.63) is 24.3 Å². The number of unbranched alkanes of at least 4 members (excludes halogenated alkanes) is 28. The molecule has 0 aliphatic carbocycles. The summed E-state index contributed by atoms with van der Waals surface area (Å²) in [6.07, 6.45) is 38.6. The quantitative estimate of drug-likeness (QED) is 0.0245. The molecule has 0 spiro atoms. The molecule has 0 aromatic rings. The molecule has 0 saturated carbocycles. The van der Waals surface area contributed by atoms with Crippen LogP contribution in [0.1, 0.15) is 220 Å². The van der Waals surface area contributed by atoms with Crippen LogP contribution in [-0.4, -0.2) is 73.6 Å². The largest absolute Gasteiger partial charge is 0.423 e. The molecule has 0 aromatic carbocycles. The van der Waals surface area contributed by atoms with Crippen LogP contribution in [0.3, 0.4) is 0 Å². The molecule has 0 bridgehead atoms. The molecule has 2 fully saturated rings. The second kappa shape index (κ2) is 28.6. The van der Waals surface area contributed by atoms with Crippen molar-refractivity contribution in [2.45, 2.75) is 249 Å². The van der Waals surface area contributed by atoms with E-state index in [-0.39, 0.29) is 0 Å². The Morgan fingerprint density at radius 2 is 0.930 bits per heavy atom. The summed E-state index contributed by atoms with van der Waals surface area (Å²) in [5.74, 6) is -11.8. The standard InChI is InChI=1S/C47H84O10/c1-4-6-8-10-12-14-16-18-20-22-24-26-28-30-32-34-36-45(37-35-33-31-29-27-25-23-21-19-17-15-13-11-9-7-5-2)38-41(49)56-46(53)42(50)40(39-48)55-44(3,52)47(46,54)57-43(45)51/h34-37,40,42,48,50,52-54H,4-33,38-39H2,1-3H3/b36-34+,37-35+/t40-,42+,44?,46+,47-/m1/s1. The maximum atomic E-state index is 14.1. The molecular formula is C47H84O10. The second-order valence-electron chi connectivity index (χ2n) is 17.3. The molecule has 1 unspecified atom stereocenters. The van der Waals surface area contributed by atoms with Gasteiger partial charge in [-0.1, -0.05) is 205 Å². The Kier molecular flexibility index (Phi) is 25.8. The Morgan fingerprint density at radius 1 is 0.579 bits per heavy atom. The smallest absolute Gasteiger partial charge is 0.334 e. The van der Waals surface area contributed by atoms with Gasteiger partial charge in [0.25, 0.3) is 0 Å². The number of ether oxygens (including phenoxy) is 3. The third-order valence-corrected chi connectivity index (χ3v) is 12.0. The van der Waals surface area contributed by atoms with Gasteiger partial charge in [0.1, 0.15) is 11.5 Å². The fourth-order valence-corrected chi connectivity index (χ4v) is 8.22. The number of allylic oxidation sites excluding steroid dienone is 2. The molecule has 0 radical (unpaired) electrons. The Balaban J connectivity index is 1.94. The number of rotatable bonds is 33. The van der Waals surface area contributed by atoms with E-state index in [9.17, 15) is 35.1 Å². The van der Waals surface area contributed by atoms with E-state index in [0.29, 0.717) is 12.8 Å². The zero-order valence-corrected chi connectivity index (χ0v) is 36.4. The summed E-state index contributed by atoms with van der Waals surface area (Å²) in [6, 6.07) is 0. The number of carbonyl (C=O) groups excluding carboxylic acids is 2. The highest BCUT2D eigenvalue weighted by Gasteiger charge is 2.77. The lowest BCUT2D eigenvalue weighted by molar-refractivity contribution is -0.508. The minimum atomic E-state index is -3.42. The summed E-state index contributed by atoms with van der Waals surface area (Å²) in [5.41, 5.74) is -1.71. The van der Waals surface area contributed by atoms with Gasteiger partial charge in [-0.05, 0) is 32.6 Å². The van der Waals surface area contributed by atoms with Gasteiger partial charge in [0.05, 0.1) is 13.0 Å². The summed E-state index contributed by atoms with van der Waals surface area (Å²) < 4.78 is 16.0. The lowest BCUT2D eigenvalue weighted by atomic mass is 9.80. The first-order valence-corrected chi connectivity index (χ1v) is 23.4. The number of fused-ring (bicyclic) bond motifs is 1. The van der Waals surface area contributed by atoms with Crippen LogP contribution >= 0.6 is 0 Å². The minimum Gasteiger partial charge on any atom is -0.423 e. The van der Waals surface area contributed by atoms with E-state index in [2.05, 4.69) is 13.8 Å². The van der Waals surface area contributed by atoms with E-state index >= 15 is 0 Å². The van der Waals surface area contributed by atoms with Crippen LogP contribution in [0.15, 0.2) is 24.3 Å². The summed E-state index contributed by atoms with van der Waals surface area (Å²) in [5, 5.41) is 54.5. The molecule has 2 aliphatic rings. The molecule has 2 heterocycles. The van der Waals surface area contributed by atoms with Crippen LogP contribution in [0.5, 0.6) is 0 Å². The number of hydrogen-bond donors (Lipinski definition) is 5. The Bertz CT molecular complexity index is 1100. The van der Waals surface area contributed by atoms with Gasteiger partial charge in [-0.15, -0.1) is 0 Å². The number of hydrogen-bond acceptors (Lipinski definition) is 10. The topological polar surface area (TPSA) is 163 Å². The van der Waals surface area contributed by atoms with Crippen LogP contribution in [0, 0.1) is 5.41 Å². The molecule has 10 nitrogen and oxygen atoms in total. The molecule has 332 valence electrons. The second-order valence-corrected chi connectivity index (χ2v) is 17.3. The van der Waals surface area contributed by atoms with Gasteiger partial charge < -0.3 is 39.7 Å². The van der Waals surface area contributed by atoms with Crippen LogP contribution < -0.4 is 0 Å². The third-order valence-electron chi connectivity index (χ3n) is 12.0. The summed E-state index contributed by atoms with van der Waals surface area (Å²) in [6.45, 7) is 4.50. The van der Waals surface area contributed by atoms with Crippen molar-refractivity contribution in [2.75, 3.05) is 6.61 Å². The molecule has 0 amide bonds. The van der Waals surface area contributed by atoms with Crippen LogP contribution in [0.4, 0.5) is 0 Å². The monoisotopic (exact) mass is 809 g/mol. The highest BCUT2D eigenvalue weighted by molar-refractivity contribution is 5.88. The first-order chi connectivity index (χ1) is 27.4.